The smallest absolute Gasteiger partial charge is 0.150 e. The number of carbonyl (C=O) groups is 1. The van der Waals surface area contributed by atoms with Crippen LogP contribution in [0.2, 0.25) is 0 Å². The average Bonchev–Trinajstić information content (AvgIpc) is 3.07. The van der Waals surface area contributed by atoms with E-state index in [0.717, 1.165) is 76.9 Å². The number of hydrogen-bond donors (Lipinski definition) is 1. The van der Waals surface area contributed by atoms with Crippen molar-refractivity contribution in [3.05, 3.63) is 161 Å². The maximum absolute atomic E-state index is 10.8. The van der Waals surface area contributed by atoms with Crippen molar-refractivity contribution in [2.45, 2.75) is 25.7 Å². The normalized spacial score (nSPS) is 11.4. The fraction of sp³-hybridized carbons (Fsp3) is 0.154. The molecule has 43 heavy (non-hydrogen) atoms. The Balaban J connectivity index is 1.23. The molecule has 5 rings (SSSR count). The molecule has 0 atom stereocenters. The highest BCUT2D eigenvalue weighted by molar-refractivity contribution is 6.04. The number of rotatable bonds is 14. The van der Waals surface area contributed by atoms with Gasteiger partial charge in [0.15, 0.2) is 0 Å². The van der Waals surface area contributed by atoms with Crippen LogP contribution in [-0.2, 0) is 0 Å². The lowest BCUT2D eigenvalue weighted by atomic mass is 9.86. The van der Waals surface area contributed by atoms with Crippen LogP contribution in [0, 0.1) is 0 Å². The van der Waals surface area contributed by atoms with Crippen molar-refractivity contribution in [3.63, 3.8) is 0 Å². The summed E-state index contributed by atoms with van der Waals surface area (Å²) in [6.07, 6.45) is 4.92. The molecule has 0 aliphatic carbocycles. The second kappa shape index (κ2) is 15.2. The van der Waals surface area contributed by atoms with Crippen LogP contribution in [0.25, 0.3) is 11.1 Å². The number of aldehydes is 1. The lowest BCUT2D eigenvalue weighted by molar-refractivity contribution is 0.112. The molecule has 1 N–H and O–H groups in total. The number of phenolic OH excluding ortho intramolecular Hbond substituents is 1. The summed E-state index contributed by atoms with van der Waals surface area (Å²) in [5.74, 6) is 1.89. The van der Waals surface area contributed by atoms with Gasteiger partial charge in [-0.15, -0.1) is 0 Å². The van der Waals surface area contributed by atoms with Gasteiger partial charge in [-0.05, 0) is 108 Å². The number of unbranched alkanes of at least 4 members (excludes halogenated alkanes) is 3. The molecular formula is C39H36O4. The summed E-state index contributed by atoms with van der Waals surface area (Å²) in [5.41, 5.74) is 7.21. The van der Waals surface area contributed by atoms with Gasteiger partial charge in [0.25, 0.3) is 0 Å². The third-order valence-corrected chi connectivity index (χ3v) is 7.27. The molecule has 0 radical (unpaired) electrons. The van der Waals surface area contributed by atoms with Crippen molar-refractivity contribution in [2.75, 3.05) is 13.2 Å². The van der Waals surface area contributed by atoms with E-state index in [1.807, 2.05) is 48.5 Å². The quantitative estimate of drug-likeness (QED) is 0.0824. The number of hydrogen-bond acceptors (Lipinski definition) is 4. The predicted octanol–water partition coefficient (Wildman–Crippen LogP) is 9.23. The minimum atomic E-state index is 0.245. The first-order chi connectivity index (χ1) is 21.2. The molecule has 0 aromatic heterocycles. The van der Waals surface area contributed by atoms with Gasteiger partial charge < -0.3 is 14.6 Å². The van der Waals surface area contributed by atoms with E-state index in [2.05, 4.69) is 60.7 Å². The Morgan fingerprint density at radius 3 is 1.33 bits per heavy atom. The van der Waals surface area contributed by atoms with Crippen LogP contribution in [0.15, 0.2) is 133 Å². The number of phenols is 1. The molecule has 0 spiro atoms. The van der Waals surface area contributed by atoms with Crippen LogP contribution in [0.1, 0.15) is 58.3 Å². The Hall–Kier alpha value is -5.09. The molecule has 216 valence electrons. The van der Waals surface area contributed by atoms with Gasteiger partial charge in [-0.2, -0.15) is 0 Å². The van der Waals surface area contributed by atoms with Gasteiger partial charge in [-0.3, -0.25) is 4.79 Å². The van der Waals surface area contributed by atoms with E-state index in [-0.39, 0.29) is 5.75 Å². The lowest BCUT2D eigenvalue weighted by Gasteiger charge is -2.18. The van der Waals surface area contributed by atoms with Gasteiger partial charge in [0, 0.05) is 5.56 Å². The predicted molar refractivity (Wildman–Crippen MR) is 174 cm³/mol. The molecule has 4 heteroatoms. The molecule has 0 unspecified atom stereocenters. The molecule has 0 aliphatic heterocycles. The highest BCUT2D eigenvalue weighted by Gasteiger charge is 2.16. The first-order valence-corrected chi connectivity index (χ1v) is 14.8. The summed E-state index contributed by atoms with van der Waals surface area (Å²) in [4.78, 5) is 10.8. The topological polar surface area (TPSA) is 55.8 Å². The van der Waals surface area contributed by atoms with E-state index >= 15 is 0 Å². The Kier molecular flexibility index (Phi) is 10.4. The van der Waals surface area contributed by atoms with Crippen molar-refractivity contribution in [2.24, 2.45) is 0 Å². The van der Waals surface area contributed by atoms with Crippen LogP contribution in [0.5, 0.6) is 17.2 Å². The summed E-state index contributed by atoms with van der Waals surface area (Å²) >= 11 is 0. The van der Waals surface area contributed by atoms with Crippen LogP contribution in [0.4, 0.5) is 0 Å². The van der Waals surface area contributed by atoms with E-state index < -0.39 is 0 Å². The zero-order valence-electron chi connectivity index (χ0n) is 24.2. The zero-order valence-corrected chi connectivity index (χ0v) is 24.2. The van der Waals surface area contributed by atoms with Gasteiger partial charge in [-0.1, -0.05) is 84.9 Å². The van der Waals surface area contributed by atoms with Gasteiger partial charge >= 0.3 is 0 Å². The largest absolute Gasteiger partial charge is 0.508 e. The van der Waals surface area contributed by atoms with E-state index in [1.165, 1.54) is 0 Å². The molecule has 0 aliphatic rings. The maximum Gasteiger partial charge on any atom is 0.150 e. The Bertz CT molecular complexity index is 1590. The summed E-state index contributed by atoms with van der Waals surface area (Å²) in [6.45, 7) is 1.33. The van der Waals surface area contributed by atoms with Crippen molar-refractivity contribution in [1.29, 1.82) is 0 Å². The molecule has 0 saturated heterocycles. The third-order valence-electron chi connectivity index (χ3n) is 7.27. The SMILES string of the molecule is O=Cc1ccc(OCCCCCCOc2ccc(/C(=C(\c3ccccc3)c3ccc(O)cc3)c3ccccc3)cc2)cc1. The summed E-state index contributed by atoms with van der Waals surface area (Å²) < 4.78 is 11.8. The summed E-state index contributed by atoms with van der Waals surface area (Å²) in [7, 11) is 0. The fourth-order valence-electron chi connectivity index (χ4n) is 5.05. The van der Waals surface area contributed by atoms with Gasteiger partial charge in [0.05, 0.1) is 13.2 Å². The van der Waals surface area contributed by atoms with Crippen molar-refractivity contribution in [3.8, 4) is 17.2 Å². The van der Waals surface area contributed by atoms with E-state index in [4.69, 9.17) is 9.47 Å². The van der Waals surface area contributed by atoms with E-state index in [0.29, 0.717) is 18.8 Å². The standard InChI is InChI=1S/C39H36O4/c40-29-30-15-23-36(24-16-30)42-27-9-1-2-10-28-43-37-25-19-34(20-26-37)39(32-13-7-4-8-14-32)38(31-11-5-3-6-12-31)33-17-21-35(41)22-18-33/h3-8,11-26,29,41H,1-2,9-10,27-28H2/b39-38+. The number of ether oxygens (including phenoxy) is 2. The van der Waals surface area contributed by atoms with Crippen molar-refractivity contribution >= 4 is 17.4 Å². The average molecular weight is 569 g/mol. The number of benzene rings is 5. The lowest BCUT2D eigenvalue weighted by Crippen LogP contribution is -2.00. The van der Waals surface area contributed by atoms with Crippen molar-refractivity contribution in [1.82, 2.24) is 0 Å². The van der Waals surface area contributed by atoms with E-state index in [1.54, 1.807) is 24.3 Å². The highest BCUT2D eigenvalue weighted by atomic mass is 16.5. The Labute approximate surface area is 253 Å². The van der Waals surface area contributed by atoms with Crippen LogP contribution in [-0.4, -0.2) is 24.6 Å². The van der Waals surface area contributed by atoms with Crippen LogP contribution in [0.3, 0.4) is 0 Å². The summed E-state index contributed by atoms with van der Waals surface area (Å²) in [6, 6.07) is 43.7. The second-order valence-corrected chi connectivity index (χ2v) is 10.4. The highest BCUT2D eigenvalue weighted by Crippen LogP contribution is 2.37. The molecule has 5 aromatic rings. The zero-order chi connectivity index (χ0) is 29.7. The van der Waals surface area contributed by atoms with Crippen LogP contribution >= 0.6 is 0 Å². The molecule has 0 amide bonds. The molecule has 4 nitrogen and oxygen atoms in total. The molecule has 5 aromatic carbocycles. The molecular weight excluding hydrogens is 532 g/mol. The fourth-order valence-corrected chi connectivity index (χ4v) is 5.05. The molecule has 0 heterocycles. The maximum atomic E-state index is 10.8. The summed E-state index contributed by atoms with van der Waals surface area (Å²) in [5, 5.41) is 9.97. The Morgan fingerprint density at radius 1 is 0.488 bits per heavy atom. The monoisotopic (exact) mass is 568 g/mol. The van der Waals surface area contributed by atoms with Gasteiger partial charge in [0.2, 0.25) is 0 Å². The molecule has 0 saturated carbocycles. The third kappa shape index (κ3) is 8.23. The minimum absolute atomic E-state index is 0.245. The molecule has 0 bridgehead atoms. The first-order valence-electron chi connectivity index (χ1n) is 14.8. The number of carbonyl (C=O) groups excluding carboxylic acids is 1. The first kappa shape index (κ1) is 29.4. The molecule has 0 fully saturated rings. The Morgan fingerprint density at radius 2 is 0.884 bits per heavy atom. The second-order valence-electron chi connectivity index (χ2n) is 10.4. The van der Waals surface area contributed by atoms with Gasteiger partial charge in [0.1, 0.15) is 23.5 Å². The number of aromatic hydroxyl groups is 1. The van der Waals surface area contributed by atoms with Gasteiger partial charge in [-0.25, -0.2) is 0 Å². The minimum Gasteiger partial charge on any atom is -0.508 e. The van der Waals surface area contributed by atoms with Crippen LogP contribution < -0.4 is 9.47 Å². The van der Waals surface area contributed by atoms with E-state index in [9.17, 15) is 9.90 Å². The van der Waals surface area contributed by atoms with Crippen molar-refractivity contribution < 1.29 is 19.4 Å².